The summed E-state index contributed by atoms with van der Waals surface area (Å²) in [4.78, 5) is 18.4. The molecule has 35 heavy (non-hydrogen) atoms. The SMILES string of the molecule is CCCCCCCCCCCCC1(CCCCCCCCCCCC)CCC(OP(=O)(O)O)CC1. The van der Waals surface area contributed by atoms with E-state index in [4.69, 9.17) is 4.52 Å². The first-order valence-corrected chi connectivity index (χ1v) is 17.2. The van der Waals surface area contributed by atoms with Crippen LogP contribution in [0.2, 0.25) is 0 Å². The molecule has 0 heterocycles. The second-order valence-electron chi connectivity index (χ2n) is 11.7. The van der Waals surface area contributed by atoms with Gasteiger partial charge in [0.25, 0.3) is 0 Å². The first kappa shape index (κ1) is 33.1. The van der Waals surface area contributed by atoms with Crippen molar-refractivity contribution in [3.05, 3.63) is 0 Å². The van der Waals surface area contributed by atoms with Gasteiger partial charge in [-0.15, -0.1) is 0 Å². The molecule has 210 valence electrons. The van der Waals surface area contributed by atoms with Crippen LogP contribution in [0.15, 0.2) is 0 Å². The van der Waals surface area contributed by atoms with Gasteiger partial charge in [-0.05, 0) is 43.9 Å². The Balaban J connectivity index is 2.27. The van der Waals surface area contributed by atoms with E-state index in [1.165, 1.54) is 141 Å². The lowest BCUT2D eigenvalue weighted by Gasteiger charge is -2.40. The summed E-state index contributed by atoms with van der Waals surface area (Å²) < 4.78 is 16.3. The fourth-order valence-corrected chi connectivity index (χ4v) is 6.70. The molecule has 1 saturated carbocycles. The highest BCUT2D eigenvalue weighted by Crippen LogP contribution is 2.49. The Morgan fingerprint density at radius 1 is 0.600 bits per heavy atom. The Hall–Kier alpha value is 0.110. The molecule has 0 unspecified atom stereocenters. The molecule has 0 amide bonds. The van der Waals surface area contributed by atoms with Crippen molar-refractivity contribution in [2.75, 3.05) is 0 Å². The minimum Gasteiger partial charge on any atom is -0.303 e. The number of phosphoric ester groups is 1. The van der Waals surface area contributed by atoms with E-state index in [1.54, 1.807) is 0 Å². The third-order valence-electron chi connectivity index (χ3n) is 8.40. The van der Waals surface area contributed by atoms with Gasteiger partial charge in [0.1, 0.15) is 0 Å². The monoisotopic (exact) mass is 516 g/mol. The van der Waals surface area contributed by atoms with Crippen molar-refractivity contribution in [3.8, 4) is 0 Å². The van der Waals surface area contributed by atoms with Crippen LogP contribution in [0.5, 0.6) is 0 Å². The number of hydrogen-bond acceptors (Lipinski definition) is 2. The molecule has 0 spiro atoms. The molecule has 0 saturated heterocycles. The van der Waals surface area contributed by atoms with Crippen molar-refractivity contribution in [1.29, 1.82) is 0 Å². The molecule has 0 atom stereocenters. The smallest absolute Gasteiger partial charge is 0.303 e. The van der Waals surface area contributed by atoms with Crippen molar-refractivity contribution in [2.45, 2.75) is 187 Å². The van der Waals surface area contributed by atoms with Crippen LogP contribution in [-0.2, 0) is 9.09 Å². The maximum Gasteiger partial charge on any atom is 0.469 e. The highest BCUT2D eigenvalue weighted by Gasteiger charge is 2.36. The van der Waals surface area contributed by atoms with Gasteiger partial charge in [-0.2, -0.15) is 0 Å². The molecule has 1 aliphatic carbocycles. The maximum absolute atomic E-state index is 11.3. The van der Waals surface area contributed by atoms with Gasteiger partial charge in [0.05, 0.1) is 6.10 Å². The molecule has 1 aliphatic rings. The number of phosphoric acid groups is 1. The van der Waals surface area contributed by atoms with Crippen molar-refractivity contribution in [3.63, 3.8) is 0 Å². The zero-order chi connectivity index (χ0) is 25.7. The molecule has 0 radical (unpaired) electrons. The molecule has 0 aliphatic heterocycles. The van der Waals surface area contributed by atoms with E-state index in [2.05, 4.69) is 13.8 Å². The van der Waals surface area contributed by atoms with Crippen LogP contribution in [0.25, 0.3) is 0 Å². The molecular formula is C30H61O4P. The average molecular weight is 517 g/mol. The van der Waals surface area contributed by atoms with E-state index in [9.17, 15) is 14.4 Å². The van der Waals surface area contributed by atoms with Crippen LogP contribution in [0, 0.1) is 5.41 Å². The summed E-state index contributed by atoms with van der Waals surface area (Å²) in [6, 6.07) is 0. The predicted molar refractivity (Wildman–Crippen MR) is 151 cm³/mol. The Labute approximate surface area is 219 Å². The zero-order valence-corrected chi connectivity index (χ0v) is 24.5. The van der Waals surface area contributed by atoms with E-state index in [0.717, 1.165) is 25.7 Å². The van der Waals surface area contributed by atoms with Crippen molar-refractivity contribution >= 4 is 7.82 Å². The fraction of sp³-hybridized carbons (Fsp3) is 1.00. The molecule has 0 aromatic heterocycles. The van der Waals surface area contributed by atoms with Gasteiger partial charge in [0.15, 0.2) is 0 Å². The zero-order valence-electron chi connectivity index (χ0n) is 23.6. The van der Waals surface area contributed by atoms with E-state index >= 15 is 0 Å². The molecule has 0 aromatic rings. The standard InChI is InChI=1S/C30H61O4P/c1-3-5-7-9-11-13-15-17-19-21-25-30(27-23-29(24-28-30)34-35(31,32)33)26-22-20-18-16-14-12-10-8-6-4-2/h29H,3-28H2,1-2H3,(H2,31,32,33). The summed E-state index contributed by atoms with van der Waals surface area (Å²) in [6.07, 6.45) is 33.6. The Kier molecular flexibility index (Phi) is 20.0. The lowest BCUT2D eigenvalue weighted by Crippen LogP contribution is -2.31. The molecule has 5 heteroatoms. The first-order chi connectivity index (χ1) is 16.9. The fourth-order valence-electron chi connectivity index (χ4n) is 6.10. The number of unbranched alkanes of at least 4 members (excludes halogenated alkanes) is 18. The molecule has 4 nitrogen and oxygen atoms in total. The normalized spacial score (nSPS) is 16.7. The van der Waals surface area contributed by atoms with E-state index in [-0.39, 0.29) is 6.10 Å². The summed E-state index contributed by atoms with van der Waals surface area (Å²) >= 11 is 0. The summed E-state index contributed by atoms with van der Waals surface area (Å²) in [7, 11) is -4.37. The molecule has 1 rings (SSSR count). The van der Waals surface area contributed by atoms with Crippen LogP contribution >= 0.6 is 7.82 Å². The Bertz CT molecular complexity index is 484. The van der Waals surface area contributed by atoms with Crippen molar-refractivity contribution < 1.29 is 18.9 Å². The summed E-state index contributed by atoms with van der Waals surface area (Å²) in [5.41, 5.74) is 0.384. The van der Waals surface area contributed by atoms with Gasteiger partial charge >= 0.3 is 7.82 Å². The Morgan fingerprint density at radius 3 is 1.23 bits per heavy atom. The van der Waals surface area contributed by atoms with E-state index in [1.807, 2.05) is 0 Å². The van der Waals surface area contributed by atoms with Crippen molar-refractivity contribution in [2.24, 2.45) is 5.41 Å². The third-order valence-corrected chi connectivity index (χ3v) is 8.97. The molecule has 1 fully saturated rings. The van der Waals surface area contributed by atoms with E-state index < -0.39 is 7.82 Å². The second kappa shape index (κ2) is 21.1. The summed E-state index contributed by atoms with van der Waals surface area (Å²) in [6.45, 7) is 4.56. The highest BCUT2D eigenvalue weighted by molar-refractivity contribution is 7.46. The lowest BCUT2D eigenvalue weighted by molar-refractivity contribution is 0.0436. The molecule has 0 bridgehead atoms. The summed E-state index contributed by atoms with van der Waals surface area (Å²) in [5, 5.41) is 0. The minimum atomic E-state index is -4.37. The van der Waals surface area contributed by atoms with Gasteiger partial charge < -0.3 is 9.79 Å². The second-order valence-corrected chi connectivity index (χ2v) is 12.9. The summed E-state index contributed by atoms with van der Waals surface area (Å²) in [5.74, 6) is 0. The third kappa shape index (κ3) is 18.9. The van der Waals surface area contributed by atoms with Crippen LogP contribution in [0.4, 0.5) is 0 Å². The first-order valence-electron chi connectivity index (χ1n) is 15.6. The number of rotatable bonds is 24. The maximum atomic E-state index is 11.3. The minimum absolute atomic E-state index is 0.260. The van der Waals surface area contributed by atoms with Gasteiger partial charge in [-0.3, -0.25) is 4.52 Å². The quantitative estimate of drug-likeness (QED) is 0.0988. The largest absolute Gasteiger partial charge is 0.469 e. The predicted octanol–water partition coefficient (Wildman–Crippen LogP) is 10.6. The highest BCUT2D eigenvalue weighted by atomic mass is 31.2. The van der Waals surface area contributed by atoms with Crippen LogP contribution in [0.1, 0.15) is 181 Å². The molecule has 2 N–H and O–H groups in total. The van der Waals surface area contributed by atoms with Gasteiger partial charge in [-0.25, -0.2) is 4.57 Å². The van der Waals surface area contributed by atoms with E-state index in [0.29, 0.717) is 5.41 Å². The van der Waals surface area contributed by atoms with Gasteiger partial charge in [-0.1, -0.05) is 142 Å². The Morgan fingerprint density at radius 2 is 0.914 bits per heavy atom. The average Bonchev–Trinajstić information content (AvgIpc) is 2.82. The van der Waals surface area contributed by atoms with Crippen LogP contribution < -0.4 is 0 Å². The topological polar surface area (TPSA) is 66.8 Å². The molecule has 0 aromatic carbocycles. The van der Waals surface area contributed by atoms with Gasteiger partial charge in [0, 0.05) is 0 Å². The van der Waals surface area contributed by atoms with Gasteiger partial charge in [0.2, 0.25) is 0 Å². The lowest BCUT2D eigenvalue weighted by atomic mass is 9.67. The number of hydrogen-bond donors (Lipinski definition) is 2. The van der Waals surface area contributed by atoms with Crippen LogP contribution in [0.3, 0.4) is 0 Å². The molecular weight excluding hydrogens is 455 g/mol. The van der Waals surface area contributed by atoms with Crippen molar-refractivity contribution in [1.82, 2.24) is 0 Å². The van der Waals surface area contributed by atoms with Crippen LogP contribution in [-0.4, -0.2) is 15.9 Å².